The minimum atomic E-state index is -0.112. The molecule has 2 aromatic rings. The van der Waals surface area contributed by atoms with Gasteiger partial charge in [0.05, 0.1) is 11.8 Å². The molecular weight excluding hydrogens is 216 g/mol. The van der Waals surface area contributed by atoms with Crippen LogP contribution in [0.4, 0.5) is 0 Å². The Morgan fingerprint density at radius 3 is 2.88 bits per heavy atom. The van der Waals surface area contributed by atoms with E-state index < -0.39 is 0 Å². The van der Waals surface area contributed by atoms with E-state index in [1.54, 1.807) is 23.3 Å². The van der Waals surface area contributed by atoms with E-state index in [0.29, 0.717) is 12.1 Å². The third kappa shape index (κ3) is 2.50. The molecule has 0 bridgehead atoms. The average molecular weight is 230 g/mol. The van der Waals surface area contributed by atoms with Crippen LogP contribution in [0.5, 0.6) is 0 Å². The molecule has 0 radical (unpaired) electrons. The van der Waals surface area contributed by atoms with Crippen LogP contribution < -0.4 is 5.32 Å². The van der Waals surface area contributed by atoms with E-state index in [-0.39, 0.29) is 5.91 Å². The predicted molar refractivity (Wildman–Crippen MR) is 63.4 cm³/mol. The summed E-state index contributed by atoms with van der Waals surface area (Å²) in [7, 11) is 1.81. The third-order valence-corrected chi connectivity index (χ3v) is 2.66. The van der Waals surface area contributed by atoms with Gasteiger partial charge in [-0.2, -0.15) is 5.10 Å². The molecule has 1 N–H and O–H groups in total. The Balaban J connectivity index is 2.01. The lowest BCUT2D eigenvalue weighted by Crippen LogP contribution is -2.23. The molecule has 0 aromatic carbocycles. The Morgan fingerprint density at radius 1 is 1.47 bits per heavy atom. The lowest BCUT2D eigenvalue weighted by Gasteiger charge is -2.04. The fourth-order valence-electron chi connectivity index (χ4n) is 1.50. The zero-order chi connectivity index (χ0) is 12.3. The molecule has 0 saturated carbocycles. The second kappa shape index (κ2) is 4.78. The van der Waals surface area contributed by atoms with Crippen molar-refractivity contribution in [1.29, 1.82) is 0 Å². The van der Waals surface area contributed by atoms with Crippen molar-refractivity contribution in [2.45, 2.75) is 13.5 Å². The van der Waals surface area contributed by atoms with Crippen LogP contribution in [0.25, 0.3) is 0 Å². The first-order chi connectivity index (χ1) is 8.18. The number of hydrogen-bond acceptors (Lipinski definition) is 3. The molecule has 2 heterocycles. The van der Waals surface area contributed by atoms with E-state index in [9.17, 15) is 4.79 Å². The fraction of sp³-hybridized carbons (Fsp3) is 0.250. The number of aryl methyl sites for hydroxylation is 1. The van der Waals surface area contributed by atoms with Crippen LogP contribution in [0.15, 0.2) is 30.7 Å². The monoisotopic (exact) mass is 230 g/mol. The number of rotatable bonds is 3. The first-order valence-corrected chi connectivity index (χ1v) is 5.34. The van der Waals surface area contributed by atoms with Gasteiger partial charge in [-0.3, -0.25) is 14.5 Å². The quantitative estimate of drug-likeness (QED) is 0.857. The van der Waals surface area contributed by atoms with Crippen LogP contribution in [0.1, 0.15) is 21.6 Å². The molecule has 0 aliphatic carbocycles. The van der Waals surface area contributed by atoms with Gasteiger partial charge in [-0.05, 0) is 18.6 Å². The Hall–Kier alpha value is -2.17. The highest BCUT2D eigenvalue weighted by Crippen LogP contribution is 2.05. The first-order valence-electron chi connectivity index (χ1n) is 5.34. The van der Waals surface area contributed by atoms with E-state index >= 15 is 0 Å². The summed E-state index contributed by atoms with van der Waals surface area (Å²) in [5.74, 6) is -0.112. The van der Waals surface area contributed by atoms with Crippen molar-refractivity contribution in [3.8, 4) is 0 Å². The molecule has 0 saturated heterocycles. The number of carbonyl (C=O) groups excluding carboxylic acids is 1. The zero-order valence-corrected chi connectivity index (χ0v) is 9.84. The van der Waals surface area contributed by atoms with Crippen molar-refractivity contribution in [2.75, 3.05) is 0 Å². The normalized spacial score (nSPS) is 10.2. The van der Waals surface area contributed by atoms with Gasteiger partial charge >= 0.3 is 0 Å². The molecule has 0 fully saturated rings. The van der Waals surface area contributed by atoms with E-state index in [2.05, 4.69) is 15.4 Å². The zero-order valence-electron chi connectivity index (χ0n) is 9.84. The molecule has 2 aromatic heterocycles. The fourth-order valence-corrected chi connectivity index (χ4v) is 1.50. The summed E-state index contributed by atoms with van der Waals surface area (Å²) in [5, 5.41) is 6.87. The van der Waals surface area contributed by atoms with Crippen molar-refractivity contribution in [2.24, 2.45) is 7.05 Å². The third-order valence-electron chi connectivity index (χ3n) is 2.66. The summed E-state index contributed by atoms with van der Waals surface area (Å²) >= 11 is 0. The Kier molecular flexibility index (Phi) is 3.18. The highest BCUT2D eigenvalue weighted by atomic mass is 16.1. The molecule has 5 nitrogen and oxygen atoms in total. The largest absolute Gasteiger partial charge is 0.348 e. The highest BCUT2D eigenvalue weighted by Gasteiger charge is 2.11. The van der Waals surface area contributed by atoms with Gasteiger partial charge in [-0.1, -0.05) is 6.07 Å². The maximum Gasteiger partial charge on any atom is 0.255 e. The second-order valence-corrected chi connectivity index (χ2v) is 3.81. The van der Waals surface area contributed by atoms with E-state index in [1.807, 2.05) is 26.1 Å². The highest BCUT2D eigenvalue weighted by molar-refractivity contribution is 5.94. The number of nitrogens with zero attached hydrogens (tertiary/aromatic N) is 3. The molecule has 2 rings (SSSR count). The minimum absolute atomic E-state index is 0.112. The van der Waals surface area contributed by atoms with Crippen LogP contribution in [0, 0.1) is 6.92 Å². The van der Waals surface area contributed by atoms with Crippen molar-refractivity contribution in [3.63, 3.8) is 0 Å². The van der Waals surface area contributed by atoms with Gasteiger partial charge in [-0.15, -0.1) is 0 Å². The predicted octanol–water partition coefficient (Wildman–Crippen LogP) is 1.05. The lowest BCUT2D eigenvalue weighted by atomic mass is 10.2. The molecule has 5 heteroatoms. The van der Waals surface area contributed by atoms with Gasteiger partial charge in [0.25, 0.3) is 5.91 Å². The molecule has 88 valence electrons. The van der Waals surface area contributed by atoms with Gasteiger partial charge in [0.15, 0.2) is 0 Å². The van der Waals surface area contributed by atoms with Crippen molar-refractivity contribution >= 4 is 5.91 Å². The Morgan fingerprint density at radius 2 is 2.29 bits per heavy atom. The van der Waals surface area contributed by atoms with Gasteiger partial charge in [0.1, 0.15) is 0 Å². The summed E-state index contributed by atoms with van der Waals surface area (Å²) < 4.78 is 1.68. The van der Waals surface area contributed by atoms with Gasteiger partial charge in [0, 0.05) is 31.7 Å². The standard InChI is InChI=1S/C12H14N4O/c1-9-11(8-15-16(9)2)12(17)14-7-10-4-3-5-13-6-10/h3-6,8H,7H2,1-2H3,(H,14,17). The van der Waals surface area contributed by atoms with Crippen LogP contribution in [-0.2, 0) is 13.6 Å². The Bertz CT molecular complexity index is 519. The lowest BCUT2D eigenvalue weighted by molar-refractivity contribution is 0.0950. The van der Waals surface area contributed by atoms with Crippen LogP contribution >= 0.6 is 0 Å². The second-order valence-electron chi connectivity index (χ2n) is 3.81. The summed E-state index contributed by atoms with van der Waals surface area (Å²) in [4.78, 5) is 15.9. The van der Waals surface area contributed by atoms with Crippen molar-refractivity contribution < 1.29 is 4.79 Å². The molecule has 1 amide bonds. The number of hydrogen-bond donors (Lipinski definition) is 1. The average Bonchev–Trinajstić information content (AvgIpc) is 2.69. The maximum absolute atomic E-state index is 11.9. The minimum Gasteiger partial charge on any atom is -0.348 e. The Labute approximate surface area is 99.5 Å². The SMILES string of the molecule is Cc1c(C(=O)NCc2cccnc2)cnn1C. The molecule has 0 unspecified atom stereocenters. The van der Waals surface area contributed by atoms with Crippen LogP contribution in [0.3, 0.4) is 0 Å². The van der Waals surface area contributed by atoms with Gasteiger partial charge < -0.3 is 5.32 Å². The molecule has 0 spiro atoms. The van der Waals surface area contributed by atoms with Crippen LogP contribution in [0.2, 0.25) is 0 Å². The van der Waals surface area contributed by atoms with Crippen molar-refractivity contribution in [3.05, 3.63) is 47.5 Å². The number of pyridine rings is 1. The number of carbonyl (C=O) groups is 1. The summed E-state index contributed by atoms with van der Waals surface area (Å²) in [6.07, 6.45) is 5.01. The topological polar surface area (TPSA) is 59.8 Å². The summed E-state index contributed by atoms with van der Waals surface area (Å²) in [6.45, 7) is 2.34. The molecule has 0 aliphatic heterocycles. The number of amides is 1. The summed E-state index contributed by atoms with van der Waals surface area (Å²) in [5.41, 5.74) is 2.44. The molecule has 17 heavy (non-hydrogen) atoms. The maximum atomic E-state index is 11.9. The number of nitrogens with one attached hydrogen (secondary N) is 1. The molecular formula is C12H14N4O. The molecule has 0 aliphatic rings. The molecule has 0 atom stereocenters. The summed E-state index contributed by atoms with van der Waals surface area (Å²) in [6, 6.07) is 3.76. The van der Waals surface area contributed by atoms with Crippen LogP contribution in [-0.4, -0.2) is 20.7 Å². The smallest absolute Gasteiger partial charge is 0.255 e. The van der Waals surface area contributed by atoms with E-state index in [1.165, 1.54) is 0 Å². The number of aromatic nitrogens is 3. The van der Waals surface area contributed by atoms with E-state index in [4.69, 9.17) is 0 Å². The first kappa shape index (κ1) is 11.3. The van der Waals surface area contributed by atoms with Gasteiger partial charge in [0.2, 0.25) is 0 Å². The van der Waals surface area contributed by atoms with E-state index in [0.717, 1.165) is 11.3 Å². The van der Waals surface area contributed by atoms with Crippen molar-refractivity contribution in [1.82, 2.24) is 20.1 Å². The van der Waals surface area contributed by atoms with Gasteiger partial charge in [-0.25, -0.2) is 0 Å².